The highest BCUT2D eigenvalue weighted by Crippen LogP contribution is 2.25. The lowest BCUT2D eigenvalue weighted by Crippen LogP contribution is -2.30. The molecule has 94 valence electrons. The number of nitrogens with zero attached hydrogens (tertiary/aromatic N) is 1. The third kappa shape index (κ3) is 3.25. The summed E-state index contributed by atoms with van der Waals surface area (Å²) in [4.78, 5) is 12.2. The second-order valence-electron chi connectivity index (χ2n) is 3.40. The number of thioether (sulfide) groups is 1. The second-order valence-corrected chi connectivity index (χ2v) is 4.88. The van der Waals surface area contributed by atoms with E-state index >= 15 is 0 Å². The van der Waals surface area contributed by atoms with Crippen LogP contribution in [0.15, 0.2) is 39.8 Å². The van der Waals surface area contributed by atoms with E-state index in [2.05, 4.69) is 5.16 Å². The van der Waals surface area contributed by atoms with Crippen molar-refractivity contribution in [2.75, 3.05) is 0 Å². The second kappa shape index (κ2) is 5.90. The van der Waals surface area contributed by atoms with Gasteiger partial charge < -0.3 is 4.52 Å². The van der Waals surface area contributed by atoms with E-state index in [1.807, 2.05) is 29.7 Å². The largest absolute Gasteiger partial charge is 0.360 e. The van der Waals surface area contributed by atoms with Crippen LogP contribution in [0.25, 0.3) is 0 Å². The van der Waals surface area contributed by atoms with Crippen LogP contribution in [0.3, 0.4) is 0 Å². The summed E-state index contributed by atoms with van der Waals surface area (Å²) >= 11 is 7.41. The van der Waals surface area contributed by atoms with E-state index in [0.29, 0.717) is 16.5 Å². The summed E-state index contributed by atoms with van der Waals surface area (Å²) in [5, 5.41) is 4.29. The average molecular weight is 284 g/mol. The van der Waals surface area contributed by atoms with Gasteiger partial charge in [-0.1, -0.05) is 22.8 Å². The fourth-order valence-electron chi connectivity index (χ4n) is 1.27. The Hall–Kier alpha value is -1.50. The van der Waals surface area contributed by atoms with Crippen LogP contribution in [0, 0.1) is 0 Å². The van der Waals surface area contributed by atoms with Gasteiger partial charge in [0.05, 0.1) is 5.75 Å². The molecular weight excluding hydrogens is 274 g/mol. The molecule has 1 aromatic carbocycles. The van der Waals surface area contributed by atoms with Gasteiger partial charge >= 0.3 is 0 Å². The molecule has 2 aromatic rings. The summed E-state index contributed by atoms with van der Waals surface area (Å²) in [7, 11) is 0. The van der Waals surface area contributed by atoms with Gasteiger partial charge in [-0.2, -0.15) is 0 Å². The molecule has 3 N–H and O–H groups in total. The predicted molar refractivity (Wildman–Crippen MR) is 69.2 cm³/mol. The first kappa shape index (κ1) is 12.9. The van der Waals surface area contributed by atoms with Crippen molar-refractivity contribution >= 4 is 29.3 Å². The van der Waals surface area contributed by atoms with Gasteiger partial charge in [-0.3, -0.25) is 10.2 Å². The molecule has 0 atom stereocenters. The number of carbonyl (C=O) groups is 1. The number of rotatable bonds is 4. The van der Waals surface area contributed by atoms with Crippen LogP contribution < -0.4 is 11.3 Å². The van der Waals surface area contributed by atoms with Gasteiger partial charge in [-0.25, -0.2) is 5.84 Å². The van der Waals surface area contributed by atoms with Crippen molar-refractivity contribution in [1.29, 1.82) is 0 Å². The highest BCUT2D eigenvalue weighted by Gasteiger charge is 2.11. The lowest BCUT2D eigenvalue weighted by Gasteiger charge is -1.98. The van der Waals surface area contributed by atoms with Crippen molar-refractivity contribution in [3.63, 3.8) is 0 Å². The van der Waals surface area contributed by atoms with Crippen LogP contribution in [0.4, 0.5) is 0 Å². The summed E-state index contributed by atoms with van der Waals surface area (Å²) in [6.07, 6.45) is 0. The Morgan fingerprint density at radius 3 is 3.06 bits per heavy atom. The Morgan fingerprint density at radius 2 is 2.33 bits per heavy atom. The number of amides is 1. The van der Waals surface area contributed by atoms with Gasteiger partial charge in [0.25, 0.3) is 5.91 Å². The molecule has 2 rings (SSSR count). The van der Waals surface area contributed by atoms with Gasteiger partial charge in [0.2, 0.25) is 0 Å². The number of hydrazine groups is 1. The topological polar surface area (TPSA) is 81.1 Å². The Morgan fingerprint density at radius 1 is 1.50 bits per heavy atom. The molecule has 0 saturated carbocycles. The molecule has 1 amide bonds. The van der Waals surface area contributed by atoms with Gasteiger partial charge in [-0.05, 0) is 18.2 Å². The van der Waals surface area contributed by atoms with E-state index in [1.54, 1.807) is 6.07 Å². The Bertz CT molecular complexity index is 559. The van der Waals surface area contributed by atoms with Crippen LogP contribution in [-0.4, -0.2) is 11.1 Å². The molecule has 5 nitrogen and oxygen atoms in total. The van der Waals surface area contributed by atoms with Gasteiger partial charge in [0, 0.05) is 16.0 Å². The molecule has 1 heterocycles. The van der Waals surface area contributed by atoms with Crippen molar-refractivity contribution in [3.8, 4) is 0 Å². The van der Waals surface area contributed by atoms with Gasteiger partial charge in [0.1, 0.15) is 5.76 Å². The highest BCUT2D eigenvalue weighted by molar-refractivity contribution is 7.98. The highest BCUT2D eigenvalue weighted by atomic mass is 35.5. The molecule has 0 radical (unpaired) electrons. The van der Waals surface area contributed by atoms with Crippen LogP contribution in [0.2, 0.25) is 5.02 Å². The summed E-state index contributed by atoms with van der Waals surface area (Å²) in [5.74, 6) is 5.68. The van der Waals surface area contributed by atoms with E-state index in [-0.39, 0.29) is 5.69 Å². The first-order valence-electron chi connectivity index (χ1n) is 5.04. The van der Waals surface area contributed by atoms with Crippen molar-refractivity contribution in [2.24, 2.45) is 5.84 Å². The quantitative estimate of drug-likeness (QED) is 0.389. The fraction of sp³-hybridized carbons (Fsp3) is 0.0909. The summed E-state index contributed by atoms with van der Waals surface area (Å²) < 4.78 is 5.02. The average Bonchev–Trinajstić information content (AvgIpc) is 2.84. The Labute approximate surface area is 113 Å². The van der Waals surface area contributed by atoms with E-state index in [0.717, 1.165) is 4.90 Å². The lowest BCUT2D eigenvalue weighted by molar-refractivity contribution is 0.0944. The van der Waals surface area contributed by atoms with Crippen LogP contribution in [0.5, 0.6) is 0 Å². The van der Waals surface area contributed by atoms with Crippen molar-refractivity contribution in [2.45, 2.75) is 10.6 Å². The van der Waals surface area contributed by atoms with Gasteiger partial charge in [-0.15, -0.1) is 11.8 Å². The summed E-state index contributed by atoms with van der Waals surface area (Å²) in [5.41, 5.74) is 2.16. The zero-order valence-electron chi connectivity index (χ0n) is 9.22. The Balaban J connectivity index is 1.98. The Kier molecular flexibility index (Phi) is 4.24. The fourth-order valence-corrected chi connectivity index (χ4v) is 2.36. The van der Waals surface area contributed by atoms with E-state index in [9.17, 15) is 4.79 Å². The van der Waals surface area contributed by atoms with E-state index in [4.69, 9.17) is 22.0 Å². The van der Waals surface area contributed by atoms with Crippen molar-refractivity contribution in [1.82, 2.24) is 10.6 Å². The minimum absolute atomic E-state index is 0.166. The number of benzene rings is 1. The van der Waals surface area contributed by atoms with Crippen LogP contribution in [0.1, 0.15) is 16.2 Å². The SMILES string of the molecule is NNC(=O)c1cc(CSc2cccc(Cl)c2)on1. The molecule has 0 fully saturated rings. The number of nitrogens with one attached hydrogen (secondary N) is 1. The van der Waals surface area contributed by atoms with Crippen LogP contribution in [-0.2, 0) is 5.75 Å². The third-order valence-corrected chi connectivity index (χ3v) is 3.35. The maximum Gasteiger partial charge on any atom is 0.287 e. The zero-order chi connectivity index (χ0) is 13.0. The monoisotopic (exact) mass is 283 g/mol. The number of nitrogens with two attached hydrogens (primary N) is 1. The van der Waals surface area contributed by atoms with E-state index in [1.165, 1.54) is 11.8 Å². The first-order valence-corrected chi connectivity index (χ1v) is 6.40. The summed E-state index contributed by atoms with van der Waals surface area (Å²) in [6.45, 7) is 0. The summed E-state index contributed by atoms with van der Waals surface area (Å²) in [6, 6.07) is 9.04. The van der Waals surface area contributed by atoms with Gasteiger partial charge in [0.15, 0.2) is 5.69 Å². The molecule has 0 unspecified atom stereocenters. The minimum atomic E-state index is -0.474. The number of nitrogen functional groups attached to an aromatic ring is 1. The number of hydrogen-bond donors (Lipinski definition) is 2. The maximum atomic E-state index is 11.2. The number of carbonyl (C=O) groups excluding carboxylic acids is 1. The maximum absolute atomic E-state index is 11.2. The molecule has 0 bridgehead atoms. The predicted octanol–water partition coefficient (Wildman–Crippen LogP) is 2.22. The third-order valence-electron chi connectivity index (χ3n) is 2.10. The smallest absolute Gasteiger partial charge is 0.287 e. The van der Waals surface area contributed by atoms with E-state index < -0.39 is 5.91 Å². The van der Waals surface area contributed by atoms with Crippen molar-refractivity contribution < 1.29 is 9.32 Å². The number of aromatic nitrogens is 1. The molecule has 0 aliphatic rings. The first-order chi connectivity index (χ1) is 8.69. The molecule has 0 saturated heterocycles. The standard InChI is InChI=1S/C11H10ClN3O2S/c12-7-2-1-3-9(4-7)18-6-8-5-10(15-17-8)11(16)14-13/h1-5H,6,13H2,(H,14,16). The molecule has 7 heteroatoms. The normalized spacial score (nSPS) is 10.3. The van der Waals surface area contributed by atoms with Crippen LogP contribution >= 0.6 is 23.4 Å². The minimum Gasteiger partial charge on any atom is -0.360 e. The molecule has 0 aliphatic carbocycles. The molecular formula is C11H10ClN3O2S. The molecule has 1 aromatic heterocycles. The molecule has 0 spiro atoms. The zero-order valence-corrected chi connectivity index (χ0v) is 10.8. The number of hydrogen-bond acceptors (Lipinski definition) is 5. The molecule has 0 aliphatic heterocycles. The molecule has 18 heavy (non-hydrogen) atoms. The van der Waals surface area contributed by atoms with Crippen molar-refractivity contribution in [3.05, 3.63) is 46.8 Å². The lowest BCUT2D eigenvalue weighted by atomic mass is 10.4. The number of halogens is 1.